The van der Waals surface area contributed by atoms with Crippen molar-refractivity contribution in [2.45, 2.75) is 44.1 Å². The maximum Gasteiger partial charge on any atom is 0.326 e. The van der Waals surface area contributed by atoms with Crippen molar-refractivity contribution in [2.75, 3.05) is 26.2 Å². The molecule has 8 heteroatoms. The molecular formula is C13H22N2O6. The number of β-amino-alcohol motifs (C(OH)–C–C–N with tert-alkyl or cyclic N) is 1. The zero-order chi connectivity index (χ0) is 15.8. The highest BCUT2D eigenvalue weighted by Gasteiger charge is 2.43. The van der Waals surface area contributed by atoms with E-state index in [9.17, 15) is 19.8 Å². The van der Waals surface area contributed by atoms with Gasteiger partial charge in [-0.2, -0.15) is 0 Å². The van der Waals surface area contributed by atoms with Gasteiger partial charge in [0.1, 0.15) is 6.04 Å². The number of ether oxygens (including phenoxy) is 1. The van der Waals surface area contributed by atoms with Crippen LogP contribution in [-0.2, 0) is 9.53 Å². The number of carbonyl (C=O) groups is 2. The summed E-state index contributed by atoms with van der Waals surface area (Å²) in [5.74, 6) is -1.12. The molecule has 8 nitrogen and oxygen atoms in total. The standard InChI is InChI=1S/C13H22N2O6/c1-13(2)7-14(5-9(6-16)21-13)12(20)15-4-8(17)3-10(15)11(18)19/h8-10,16-17H,3-7H2,1-2H3,(H,18,19)/t8?,9?,10-/m0/s1. The number of hydrogen-bond acceptors (Lipinski definition) is 5. The molecule has 0 aromatic carbocycles. The molecule has 0 radical (unpaired) electrons. The molecule has 0 bridgehead atoms. The van der Waals surface area contributed by atoms with Crippen LogP contribution in [0.2, 0.25) is 0 Å². The summed E-state index contributed by atoms with van der Waals surface area (Å²) in [5.41, 5.74) is -0.613. The number of nitrogens with zero attached hydrogens (tertiary/aromatic N) is 2. The minimum Gasteiger partial charge on any atom is -0.480 e. The summed E-state index contributed by atoms with van der Waals surface area (Å²) in [5, 5.41) is 28.0. The molecule has 2 heterocycles. The Kier molecular flexibility index (Phi) is 4.40. The second kappa shape index (κ2) is 5.78. The SMILES string of the molecule is CC1(C)CN(C(=O)N2CC(O)C[C@H]2C(=O)O)CC(CO)O1. The van der Waals surface area contributed by atoms with E-state index in [1.807, 2.05) is 13.8 Å². The van der Waals surface area contributed by atoms with Crippen LogP contribution in [0.3, 0.4) is 0 Å². The van der Waals surface area contributed by atoms with E-state index in [1.54, 1.807) is 0 Å². The molecular weight excluding hydrogens is 280 g/mol. The summed E-state index contributed by atoms with van der Waals surface area (Å²) >= 11 is 0. The fourth-order valence-corrected chi connectivity index (χ4v) is 2.98. The first-order chi connectivity index (χ1) is 9.73. The van der Waals surface area contributed by atoms with Crippen LogP contribution >= 0.6 is 0 Å². The highest BCUT2D eigenvalue weighted by molar-refractivity contribution is 5.83. The van der Waals surface area contributed by atoms with Gasteiger partial charge in [0, 0.05) is 13.0 Å². The number of carbonyl (C=O) groups excluding carboxylic acids is 1. The fourth-order valence-electron chi connectivity index (χ4n) is 2.98. The van der Waals surface area contributed by atoms with Crippen molar-refractivity contribution in [3.8, 4) is 0 Å². The Balaban J connectivity index is 2.13. The molecule has 0 spiro atoms. The molecule has 120 valence electrons. The second-order valence-electron chi connectivity index (χ2n) is 6.24. The summed E-state index contributed by atoms with van der Waals surface area (Å²) in [6, 6.07) is -1.44. The minimum absolute atomic E-state index is 0.0113. The molecule has 2 unspecified atom stereocenters. The van der Waals surface area contributed by atoms with Crippen molar-refractivity contribution in [3.63, 3.8) is 0 Å². The molecule has 2 aliphatic heterocycles. The average molecular weight is 302 g/mol. The van der Waals surface area contributed by atoms with Gasteiger partial charge < -0.3 is 29.9 Å². The number of morpholine rings is 1. The maximum absolute atomic E-state index is 12.6. The molecule has 0 aromatic rings. The van der Waals surface area contributed by atoms with Crippen LogP contribution in [-0.4, -0.2) is 87.2 Å². The minimum atomic E-state index is -1.12. The van der Waals surface area contributed by atoms with Gasteiger partial charge in [-0.3, -0.25) is 0 Å². The Labute approximate surface area is 122 Å². The van der Waals surface area contributed by atoms with E-state index >= 15 is 0 Å². The molecule has 0 saturated carbocycles. The predicted octanol–water partition coefficient (Wildman–Crippen LogP) is -0.902. The zero-order valence-electron chi connectivity index (χ0n) is 12.2. The van der Waals surface area contributed by atoms with Crippen LogP contribution in [0.15, 0.2) is 0 Å². The third-order valence-electron chi connectivity index (χ3n) is 3.77. The van der Waals surface area contributed by atoms with Crippen LogP contribution in [0.1, 0.15) is 20.3 Å². The Bertz CT molecular complexity index is 427. The van der Waals surface area contributed by atoms with E-state index in [1.165, 1.54) is 9.80 Å². The van der Waals surface area contributed by atoms with Crippen LogP contribution < -0.4 is 0 Å². The number of aliphatic hydroxyl groups excluding tert-OH is 2. The van der Waals surface area contributed by atoms with Crippen LogP contribution in [0.4, 0.5) is 4.79 Å². The normalized spacial score (nSPS) is 32.3. The first kappa shape index (κ1) is 16.0. The number of rotatable bonds is 2. The summed E-state index contributed by atoms with van der Waals surface area (Å²) in [6.07, 6.45) is -1.27. The topological polar surface area (TPSA) is 111 Å². The highest BCUT2D eigenvalue weighted by atomic mass is 16.5. The molecule has 3 atom stereocenters. The molecule has 2 aliphatic rings. The first-order valence-electron chi connectivity index (χ1n) is 6.98. The van der Waals surface area contributed by atoms with Gasteiger partial charge in [-0.25, -0.2) is 9.59 Å². The summed E-state index contributed by atoms with van der Waals surface area (Å²) in [4.78, 5) is 26.4. The molecule has 2 saturated heterocycles. The second-order valence-corrected chi connectivity index (χ2v) is 6.24. The largest absolute Gasteiger partial charge is 0.480 e. The zero-order valence-corrected chi connectivity index (χ0v) is 12.2. The van der Waals surface area contributed by atoms with Gasteiger partial charge in [0.2, 0.25) is 0 Å². The van der Waals surface area contributed by atoms with Gasteiger partial charge in [0.15, 0.2) is 0 Å². The Morgan fingerprint density at radius 1 is 1.33 bits per heavy atom. The Hall–Kier alpha value is -1.38. The van der Waals surface area contributed by atoms with Crippen LogP contribution in [0.25, 0.3) is 0 Å². The van der Waals surface area contributed by atoms with Crippen molar-refractivity contribution >= 4 is 12.0 Å². The third-order valence-corrected chi connectivity index (χ3v) is 3.77. The van der Waals surface area contributed by atoms with E-state index in [0.717, 1.165) is 0 Å². The van der Waals surface area contributed by atoms with Crippen molar-refractivity contribution in [3.05, 3.63) is 0 Å². The van der Waals surface area contributed by atoms with Crippen molar-refractivity contribution in [1.29, 1.82) is 0 Å². The monoisotopic (exact) mass is 302 g/mol. The van der Waals surface area contributed by atoms with Crippen molar-refractivity contribution < 1.29 is 29.6 Å². The molecule has 0 aliphatic carbocycles. The van der Waals surface area contributed by atoms with E-state index < -0.39 is 35.9 Å². The summed E-state index contributed by atoms with van der Waals surface area (Å²) in [7, 11) is 0. The van der Waals surface area contributed by atoms with E-state index in [2.05, 4.69) is 0 Å². The Morgan fingerprint density at radius 2 is 2.00 bits per heavy atom. The number of aliphatic carboxylic acids is 1. The lowest BCUT2D eigenvalue weighted by Crippen LogP contribution is -2.59. The number of hydrogen-bond donors (Lipinski definition) is 3. The van der Waals surface area contributed by atoms with E-state index in [4.69, 9.17) is 9.84 Å². The highest BCUT2D eigenvalue weighted by Crippen LogP contribution is 2.25. The quantitative estimate of drug-likeness (QED) is 0.609. The third kappa shape index (κ3) is 3.45. The van der Waals surface area contributed by atoms with Crippen LogP contribution in [0.5, 0.6) is 0 Å². The lowest BCUT2D eigenvalue weighted by Gasteiger charge is -2.43. The average Bonchev–Trinajstić information content (AvgIpc) is 2.78. The van der Waals surface area contributed by atoms with Crippen molar-refractivity contribution in [2.24, 2.45) is 0 Å². The molecule has 0 aromatic heterocycles. The lowest BCUT2D eigenvalue weighted by molar-refractivity contribution is -0.145. The lowest BCUT2D eigenvalue weighted by atomic mass is 10.1. The number of likely N-dealkylation sites (tertiary alicyclic amines) is 1. The number of carboxylic acid groups (broad SMARTS) is 1. The molecule has 2 amide bonds. The number of aliphatic hydroxyl groups is 2. The molecule has 21 heavy (non-hydrogen) atoms. The fraction of sp³-hybridized carbons (Fsp3) is 0.846. The van der Waals surface area contributed by atoms with Gasteiger partial charge in [0.05, 0.1) is 37.5 Å². The smallest absolute Gasteiger partial charge is 0.326 e. The number of urea groups is 1. The molecule has 2 fully saturated rings. The predicted molar refractivity (Wildman–Crippen MR) is 71.8 cm³/mol. The van der Waals surface area contributed by atoms with Gasteiger partial charge in [-0.15, -0.1) is 0 Å². The number of carboxylic acids is 1. The van der Waals surface area contributed by atoms with Crippen LogP contribution in [0, 0.1) is 0 Å². The number of amides is 2. The summed E-state index contributed by atoms with van der Waals surface area (Å²) in [6.45, 7) is 3.93. The van der Waals surface area contributed by atoms with Crippen molar-refractivity contribution in [1.82, 2.24) is 9.80 Å². The van der Waals surface area contributed by atoms with E-state index in [-0.39, 0.29) is 26.1 Å². The maximum atomic E-state index is 12.6. The van der Waals surface area contributed by atoms with Gasteiger partial charge in [-0.05, 0) is 13.8 Å². The van der Waals surface area contributed by atoms with Gasteiger partial charge >= 0.3 is 12.0 Å². The molecule has 3 N–H and O–H groups in total. The first-order valence-corrected chi connectivity index (χ1v) is 6.98. The summed E-state index contributed by atoms with van der Waals surface area (Å²) < 4.78 is 5.63. The van der Waals surface area contributed by atoms with Gasteiger partial charge in [-0.1, -0.05) is 0 Å². The Morgan fingerprint density at radius 3 is 2.57 bits per heavy atom. The van der Waals surface area contributed by atoms with Gasteiger partial charge in [0.25, 0.3) is 0 Å². The molecule has 2 rings (SSSR count). The van der Waals surface area contributed by atoms with E-state index in [0.29, 0.717) is 6.54 Å².